The van der Waals surface area contributed by atoms with Gasteiger partial charge in [0.05, 0.1) is 12.3 Å². The van der Waals surface area contributed by atoms with E-state index in [1.807, 2.05) is 37.3 Å². The molecule has 2 N–H and O–H groups in total. The molecule has 3 amide bonds. The third kappa shape index (κ3) is 7.44. The number of nitrogens with one attached hydrogen (secondary N) is 2. The maximum atomic E-state index is 12.4. The van der Waals surface area contributed by atoms with Crippen molar-refractivity contribution in [3.05, 3.63) is 60.2 Å². The summed E-state index contributed by atoms with van der Waals surface area (Å²) in [6.45, 7) is 3.77. The Bertz CT molecular complexity index is 794. The molecule has 7 heteroatoms. The predicted octanol–water partition coefficient (Wildman–Crippen LogP) is 3.37. The van der Waals surface area contributed by atoms with Crippen molar-refractivity contribution in [2.75, 3.05) is 29.5 Å². The van der Waals surface area contributed by atoms with Crippen molar-refractivity contribution in [2.24, 2.45) is 0 Å². The smallest absolute Gasteiger partial charge is 0.243 e. The number of likely N-dealkylation sites (N-methyl/N-ethyl adjacent to an activating group) is 1. The Morgan fingerprint density at radius 2 is 1.54 bits per heavy atom. The number of benzene rings is 2. The summed E-state index contributed by atoms with van der Waals surface area (Å²) in [5.74, 6) is 0.632. The molecule has 28 heavy (non-hydrogen) atoms. The molecule has 0 saturated heterocycles. The Kier molecular flexibility index (Phi) is 8.55. The number of nitrogens with zero attached hydrogens (tertiary/aromatic N) is 1. The van der Waals surface area contributed by atoms with Gasteiger partial charge in [-0.2, -0.15) is 0 Å². The van der Waals surface area contributed by atoms with Crippen LogP contribution in [0.25, 0.3) is 0 Å². The van der Waals surface area contributed by atoms with Crippen molar-refractivity contribution >= 4 is 40.9 Å². The van der Waals surface area contributed by atoms with Gasteiger partial charge in [0.25, 0.3) is 0 Å². The zero-order valence-electron chi connectivity index (χ0n) is 16.1. The van der Waals surface area contributed by atoms with Gasteiger partial charge in [0.15, 0.2) is 0 Å². The largest absolute Gasteiger partial charge is 0.333 e. The van der Waals surface area contributed by atoms with E-state index in [4.69, 9.17) is 0 Å². The van der Waals surface area contributed by atoms with Crippen LogP contribution in [0.3, 0.4) is 0 Å². The van der Waals surface area contributed by atoms with Crippen LogP contribution in [-0.4, -0.2) is 41.5 Å². The molecule has 0 aliphatic rings. The molecule has 2 aromatic carbocycles. The van der Waals surface area contributed by atoms with E-state index in [1.165, 1.54) is 24.2 Å². The van der Waals surface area contributed by atoms with E-state index in [0.717, 1.165) is 5.75 Å². The standard InChI is InChI=1S/C21H25N3O3S/c1-3-24(21(27)15-28-14-17-7-5-4-6-8-17)13-20(26)23-19-11-9-18(10-12-19)22-16(2)25/h4-12H,3,13-15H2,1-2H3,(H,22,25)(H,23,26). The van der Waals surface area contributed by atoms with Crippen LogP contribution in [0.1, 0.15) is 19.4 Å². The predicted molar refractivity (Wildman–Crippen MR) is 114 cm³/mol. The molecule has 0 saturated carbocycles. The second-order valence-corrected chi connectivity index (χ2v) is 7.18. The molecule has 0 atom stereocenters. The highest BCUT2D eigenvalue weighted by Crippen LogP contribution is 2.14. The van der Waals surface area contributed by atoms with Crippen LogP contribution in [0.15, 0.2) is 54.6 Å². The van der Waals surface area contributed by atoms with E-state index < -0.39 is 0 Å². The Morgan fingerprint density at radius 1 is 0.929 bits per heavy atom. The lowest BCUT2D eigenvalue weighted by Crippen LogP contribution is -2.38. The number of anilines is 2. The molecular weight excluding hydrogens is 374 g/mol. The fourth-order valence-electron chi connectivity index (χ4n) is 2.51. The second kappa shape index (κ2) is 11.1. The molecule has 0 aromatic heterocycles. The van der Waals surface area contributed by atoms with Gasteiger partial charge in [0, 0.05) is 30.6 Å². The third-order valence-corrected chi connectivity index (χ3v) is 4.88. The molecule has 6 nitrogen and oxygen atoms in total. The topological polar surface area (TPSA) is 78.5 Å². The number of hydrogen-bond acceptors (Lipinski definition) is 4. The Hall–Kier alpha value is -2.80. The highest BCUT2D eigenvalue weighted by Gasteiger charge is 2.15. The summed E-state index contributed by atoms with van der Waals surface area (Å²) >= 11 is 1.54. The Labute approximate surface area is 169 Å². The summed E-state index contributed by atoms with van der Waals surface area (Å²) in [5.41, 5.74) is 2.44. The zero-order valence-corrected chi connectivity index (χ0v) is 16.9. The normalized spacial score (nSPS) is 10.2. The summed E-state index contributed by atoms with van der Waals surface area (Å²) in [7, 11) is 0. The van der Waals surface area contributed by atoms with Crippen molar-refractivity contribution in [1.29, 1.82) is 0 Å². The van der Waals surface area contributed by atoms with E-state index in [2.05, 4.69) is 10.6 Å². The van der Waals surface area contributed by atoms with E-state index in [0.29, 0.717) is 23.7 Å². The first-order chi connectivity index (χ1) is 13.5. The van der Waals surface area contributed by atoms with Crippen LogP contribution in [0, 0.1) is 0 Å². The second-order valence-electron chi connectivity index (χ2n) is 6.19. The van der Waals surface area contributed by atoms with Crippen molar-refractivity contribution in [3.63, 3.8) is 0 Å². The van der Waals surface area contributed by atoms with E-state index in [9.17, 15) is 14.4 Å². The lowest BCUT2D eigenvalue weighted by molar-refractivity contribution is -0.132. The average Bonchev–Trinajstić information content (AvgIpc) is 2.68. The molecule has 0 radical (unpaired) electrons. The highest BCUT2D eigenvalue weighted by atomic mass is 32.2. The van der Waals surface area contributed by atoms with Crippen molar-refractivity contribution in [2.45, 2.75) is 19.6 Å². The lowest BCUT2D eigenvalue weighted by atomic mass is 10.2. The maximum absolute atomic E-state index is 12.4. The molecule has 2 aromatic rings. The number of amides is 3. The number of hydrogen-bond donors (Lipinski definition) is 2. The van der Waals surface area contributed by atoms with Crippen LogP contribution in [0.5, 0.6) is 0 Å². The van der Waals surface area contributed by atoms with E-state index in [-0.39, 0.29) is 24.3 Å². The van der Waals surface area contributed by atoms with Gasteiger partial charge in [0.2, 0.25) is 17.7 Å². The van der Waals surface area contributed by atoms with Crippen molar-refractivity contribution < 1.29 is 14.4 Å². The molecule has 0 unspecified atom stereocenters. The van der Waals surface area contributed by atoms with Crippen molar-refractivity contribution in [1.82, 2.24) is 4.90 Å². The minimum absolute atomic E-state index is 0.00861. The van der Waals surface area contributed by atoms with Gasteiger partial charge in [-0.15, -0.1) is 11.8 Å². The fraction of sp³-hybridized carbons (Fsp3) is 0.286. The molecule has 0 heterocycles. The minimum Gasteiger partial charge on any atom is -0.333 e. The van der Waals surface area contributed by atoms with Crippen LogP contribution < -0.4 is 10.6 Å². The number of rotatable bonds is 9. The molecule has 148 valence electrons. The Morgan fingerprint density at radius 3 is 2.11 bits per heavy atom. The summed E-state index contributed by atoms with van der Waals surface area (Å²) < 4.78 is 0. The van der Waals surface area contributed by atoms with Gasteiger partial charge in [-0.1, -0.05) is 30.3 Å². The van der Waals surface area contributed by atoms with Crippen LogP contribution in [0.2, 0.25) is 0 Å². The minimum atomic E-state index is -0.254. The van der Waals surface area contributed by atoms with Crippen molar-refractivity contribution in [3.8, 4) is 0 Å². The maximum Gasteiger partial charge on any atom is 0.243 e. The Balaban J connectivity index is 1.79. The quantitative estimate of drug-likeness (QED) is 0.678. The molecular formula is C21H25N3O3S. The van der Waals surface area contributed by atoms with Crippen LogP contribution in [-0.2, 0) is 20.1 Å². The van der Waals surface area contributed by atoms with Crippen LogP contribution >= 0.6 is 11.8 Å². The van der Waals surface area contributed by atoms with Gasteiger partial charge in [0.1, 0.15) is 0 Å². The molecule has 0 spiro atoms. The average molecular weight is 400 g/mol. The van der Waals surface area contributed by atoms with Gasteiger partial charge in [-0.05, 0) is 36.8 Å². The first-order valence-corrected chi connectivity index (χ1v) is 10.2. The van der Waals surface area contributed by atoms with Crippen LogP contribution in [0.4, 0.5) is 11.4 Å². The summed E-state index contributed by atoms with van der Waals surface area (Å²) in [6.07, 6.45) is 0. The molecule has 0 fully saturated rings. The van der Waals surface area contributed by atoms with Gasteiger partial charge in [-0.3, -0.25) is 14.4 Å². The SMILES string of the molecule is CCN(CC(=O)Nc1ccc(NC(C)=O)cc1)C(=O)CSCc1ccccc1. The monoisotopic (exact) mass is 399 g/mol. The van der Waals surface area contributed by atoms with E-state index in [1.54, 1.807) is 29.2 Å². The van der Waals surface area contributed by atoms with Gasteiger partial charge >= 0.3 is 0 Å². The number of carbonyl (C=O) groups is 3. The summed E-state index contributed by atoms with van der Waals surface area (Å²) in [5, 5.41) is 5.44. The summed E-state index contributed by atoms with van der Waals surface area (Å²) in [6, 6.07) is 16.8. The zero-order chi connectivity index (χ0) is 20.4. The summed E-state index contributed by atoms with van der Waals surface area (Å²) in [4.78, 5) is 37.2. The highest BCUT2D eigenvalue weighted by molar-refractivity contribution is 7.99. The molecule has 2 rings (SSSR count). The molecule has 0 aliphatic heterocycles. The lowest BCUT2D eigenvalue weighted by Gasteiger charge is -2.20. The molecule has 0 aliphatic carbocycles. The first kappa shape index (κ1) is 21.5. The van der Waals surface area contributed by atoms with Gasteiger partial charge < -0.3 is 15.5 Å². The van der Waals surface area contributed by atoms with Gasteiger partial charge in [-0.25, -0.2) is 0 Å². The third-order valence-electron chi connectivity index (χ3n) is 3.90. The fourth-order valence-corrected chi connectivity index (χ4v) is 3.40. The van der Waals surface area contributed by atoms with E-state index >= 15 is 0 Å². The number of thioether (sulfide) groups is 1. The molecule has 0 bridgehead atoms. The number of carbonyl (C=O) groups excluding carboxylic acids is 3. The first-order valence-electron chi connectivity index (χ1n) is 9.05.